The second-order valence-corrected chi connectivity index (χ2v) is 2.59. The normalized spacial score (nSPS) is 10.6. The smallest absolute Gasteiger partial charge is 0.139 e. The third kappa shape index (κ3) is 2.16. The minimum absolute atomic E-state index is 0.896. The van der Waals surface area contributed by atoms with Crippen molar-refractivity contribution in [2.75, 3.05) is 5.43 Å². The first kappa shape index (κ1) is 8.43. The molecule has 2 aromatic rings. The fraction of sp³-hybridized carbons (Fsp3) is 0. The van der Waals surface area contributed by atoms with Gasteiger partial charge in [-0.25, -0.2) is 9.67 Å². The zero-order valence-corrected chi connectivity index (χ0v) is 7.41. The Balaban J connectivity index is 1.96. The number of para-hydroxylation sites is 1. The van der Waals surface area contributed by atoms with Crippen molar-refractivity contribution in [3.8, 4) is 0 Å². The van der Waals surface area contributed by atoms with Crippen LogP contribution in [0.5, 0.6) is 0 Å². The summed E-state index contributed by atoms with van der Waals surface area (Å²) in [6, 6.07) is 9.66. The van der Waals surface area contributed by atoms with Gasteiger partial charge in [-0.3, -0.25) is 5.43 Å². The molecule has 0 amide bonds. The van der Waals surface area contributed by atoms with E-state index in [0.29, 0.717) is 0 Å². The van der Waals surface area contributed by atoms with Gasteiger partial charge in [0.1, 0.15) is 19.0 Å². The Morgan fingerprint density at radius 3 is 2.57 bits per heavy atom. The predicted molar refractivity (Wildman–Crippen MR) is 54.0 cm³/mol. The predicted octanol–water partition coefficient (Wildman–Crippen LogP) is 1.18. The molecule has 0 radical (unpaired) electrons. The van der Waals surface area contributed by atoms with Crippen LogP contribution >= 0.6 is 0 Å². The number of nitrogens with one attached hydrogen (secondary N) is 1. The summed E-state index contributed by atoms with van der Waals surface area (Å²) in [6.07, 6.45) is 4.69. The van der Waals surface area contributed by atoms with Crippen molar-refractivity contribution in [1.29, 1.82) is 0 Å². The second kappa shape index (κ2) is 4.18. The van der Waals surface area contributed by atoms with Crippen molar-refractivity contribution >= 4 is 12.0 Å². The first-order valence-electron chi connectivity index (χ1n) is 4.14. The number of rotatable bonds is 3. The van der Waals surface area contributed by atoms with Crippen molar-refractivity contribution in [2.24, 2.45) is 4.99 Å². The minimum Gasteiger partial charge on any atom is -0.281 e. The maximum Gasteiger partial charge on any atom is 0.139 e. The average Bonchev–Trinajstić information content (AvgIpc) is 2.72. The highest BCUT2D eigenvalue weighted by Crippen LogP contribution is 2.07. The van der Waals surface area contributed by atoms with Crippen LogP contribution in [0, 0.1) is 0 Å². The third-order valence-electron chi connectivity index (χ3n) is 1.60. The van der Waals surface area contributed by atoms with Gasteiger partial charge in [0, 0.05) is 0 Å². The third-order valence-corrected chi connectivity index (χ3v) is 1.60. The Morgan fingerprint density at radius 1 is 1.14 bits per heavy atom. The molecule has 0 fully saturated rings. The molecule has 0 spiro atoms. The van der Waals surface area contributed by atoms with Gasteiger partial charge in [-0.1, -0.05) is 18.2 Å². The lowest BCUT2D eigenvalue weighted by Gasteiger charge is -1.96. The zero-order chi connectivity index (χ0) is 9.64. The fourth-order valence-electron chi connectivity index (χ4n) is 0.952. The van der Waals surface area contributed by atoms with Crippen molar-refractivity contribution in [3.05, 3.63) is 43.0 Å². The van der Waals surface area contributed by atoms with Gasteiger partial charge in [-0.2, -0.15) is 0 Å². The van der Waals surface area contributed by atoms with Crippen LogP contribution in [0.1, 0.15) is 0 Å². The number of hydrogen-bond acceptors (Lipinski definition) is 3. The molecule has 1 aromatic carbocycles. The molecule has 14 heavy (non-hydrogen) atoms. The molecule has 5 heteroatoms. The van der Waals surface area contributed by atoms with E-state index in [2.05, 4.69) is 20.6 Å². The molecule has 0 aliphatic rings. The number of aromatic nitrogens is 3. The summed E-state index contributed by atoms with van der Waals surface area (Å²) < 4.78 is 1.60. The standard InChI is InChI=1S/C9H9N5/c1-2-4-9(5-3-1)10-6-13-14-7-11-12-8-14/h1-8H,(H,10,13). The molecule has 0 saturated heterocycles. The Morgan fingerprint density at radius 2 is 1.86 bits per heavy atom. The zero-order valence-electron chi connectivity index (χ0n) is 7.41. The van der Waals surface area contributed by atoms with E-state index in [4.69, 9.17) is 0 Å². The molecule has 0 aliphatic carbocycles. The van der Waals surface area contributed by atoms with Crippen LogP contribution in [0.3, 0.4) is 0 Å². The summed E-state index contributed by atoms with van der Waals surface area (Å²) >= 11 is 0. The summed E-state index contributed by atoms with van der Waals surface area (Å²) in [7, 11) is 0. The van der Waals surface area contributed by atoms with Crippen molar-refractivity contribution in [2.45, 2.75) is 0 Å². The Kier molecular flexibility index (Phi) is 2.51. The Bertz CT molecular complexity index is 392. The lowest BCUT2D eigenvalue weighted by atomic mass is 10.3. The quantitative estimate of drug-likeness (QED) is 0.580. The van der Waals surface area contributed by atoms with Crippen molar-refractivity contribution in [3.63, 3.8) is 0 Å². The first-order chi connectivity index (χ1) is 6.95. The Labute approximate surface area is 81.1 Å². The first-order valence-corrected chi connectivity index (χ1v) is 4.14. The molecular weight excluding hydrogens is 178 g/mol. The molecule has 0 unspecified atom stereocenters. The summed E-state index contributed by atoms with van der Waals surface area (Å²) in [5.41, 5.74) is 3.77. The fourth-order valence-corrected chi connectivity index (χ4v) is 0.952. The van der Waals surface area contributed by atoms with Gasteiger partial charge in [-0.05, 0) is 12.1 Å². The maximum absolute atomic E-state index is 4.17. The molecular formula is C9H9N5. The molecule has 2 rings (SSSR count). The van der Waals surface area contributed by atoms with E-state index in [0.717, 1.165) is 5.69 Å². The van der Waals surface area contributed by atoms with E-state index in [1.807, 2.05) is 30.3 Å². The van der Waals surface area contributed by atoms with E-state index in [1.165, 1.54) is 0 Å². The summed E-state index contributed by atoms with van der Waals surface area (Å²) in [5.74, 6) is 0. The van der Waals surface area contributed by atoms with Gasteiger partial charge in [0.05, 0.1) is 5.69 Å². The Hall–Kier alpha value is -2.17. The topological polar surface area (TPSA) is 55.1 Å². The lowest BCUT2D eigenvalue weighted by molar-refractivity contribution is 0.977. The molecule has 1 N–H and O–H groups in total. The SMILES string of the molecule is C(=Nc1ccccc1)Nn1cnnc1. The van der Waals surface area contributed by atoms with Gasteiger partial charge in [0.15, 0.2) is 0 Å². The summed E-state index contributed by atoms with van der Waals surface area (Å²) in [4.78, 5) is 4.17. The lowest BCUT2D eigenvalue weighted by Crippen LogP contribution is -2.09. The van der Waals surface area contributed by atoms with Crippen molar-refractivity contribution in [1.82, 2.24) is 14.9 Å². The second-order valence-electron chi connectivity index (χ2n) is 2.59. The molecule has 70 valence electrons. The summed E-state index contributed by atoms with van der Waals surface area (Å²) in [6.45, 7) is 0. The molecule has 0 bridgehead atoms. The van der Waals surface area contributed by atoms with Crippen LogP contribution in [0.25, 0.3) is 0 Å². The number of hydrogen-bond donors (Lipinski definition) is 1. The van der Waals surface area contributed by atoms with Gasteiger partial charge >= 0.3 is 0 Å². The van der Waals surface area contributed by atoms with Crippen LogP contribution in [-0.4, -0.2) is 21.2 Å². The van der Waals surface area contributed by atoms with E-state index in [9.17, 15) is 0 Å². The number of aliphatic imine (C=N–C) groups is 1. The number of nitrogens with zero attached hydrogens (tertiary/aromatic N) is 4. The van der Waals surface area contributed by atoms with E-state index in [1.54, 1.807) is 23.7 Å². The minimum atomic E-state index is 0.896. The van der Waals surface area contributed by atoms with Crippen LogP contribution in [0.4, 0.5) is 5.69 Å². The van der Waals surface area contributed by atoms with Crippen LogP contribution in [0.15, 0.2) is 48.0 Å². The van der Waals surface area contributed by atoms with Gasteiger partial charge in [-0.15, -0.1) is 10.2 Å². The molecule has 1 aromatic heterocycles. The molecule has 0 saturated carbocycles. The monoisotopic (exact) mass is 187 g/mol. The maximum atomic E-state index is 4.17. The van der Waals surface area contributed by atoms with Crippen LogP contribution in [-0.2, 0) is 0 Å². The molecule has 0 aliphatic heterocycles. The number of benzene rings is 1. The largest absolute Gasteiger partial charge is 0.281 e. The van der Waals surface area contributed by atoms with Gasteiger partial charge < -0.3 is 0 Å². The van der Waals surface area contributed by atoms with Gasteiger partial charge in [0.25, 0.3) is 0 Å². The van der Waals surface area contributed by atoms with E-state index >= 15 is 0 Å². The van der Waals surface area contributed by atoms with E-state index < -0.39 is 0 Å². The van der Waals surface area contributed by atoms with E-state index in [-0.39, 0.29) is 0 Å². The highest BCUT2D eigenvalue weighted by atomic mass is 15.5. The van der Waals surface area contributed by atoms with Gasteiger partial charge in [0.2, 0.25) is 0 Å². The highest BCUT2D eigenvalue weighted by molar-refractivity contribution is 5.67. The highest BCUT2D eigenvalue weighted by Gasteiger charge is 1.84. The molecule has 1 heterocycles. The molecule has 5 nitrogen and oxygen atoms in total. The average molecular weight is 187 g/mol. The molecule has 0 atom stereocenters. The summed E-state index contributed by atoms with van der Waals surface area (Å²) in [5, 5.41) is 7.27. The van der Waals surface area contributed by atoms with Crippen LogP contribution < -0.4 is 5.43 Å². The van der Waals surface area contributed by atoms with Crippen LogP contribution in [0.2, 0.25) is 0 Å². The van der Waals surface area contributed by atoms with Crippen molar-refractivity contribution < 1.29 is 0 Å².